The minimum atomic E-state index is -2.88. The molecule has 4 atom stereocenters. The van der Waals surface area contributed by atoms with E-state index in [2.05, 4.69) is 19.5 Å². The molecular weight excluding hydrogens is 301 g/mol. The summed E-state index contributed by atoms with van der Waals surface area (Å²) in [6, 6.07) is 0. The second-order valence-electron chi connectivity index (χ2n) is 4.52. The molecule has 1 saturated heterocycles. The average Bonchev–Trinajstić information content (AvgIpc) is 3.04. The fraction of sp³-hybridized carbons (Fsp3) is 0.500. The Morgan fingerprint density at radius 1 is 1.48 bits per heavy atom. The summed E-state index contributed by atoms with van der Waals surface area (Å²) >= 11 is 0. The van der Waals surface area contributed by atoms with Crippen LogP contribution in [0.25, 0.3) is 11.2 Å². The number of aromatic nitrogens is 4. The Labute approximate surface area is 119 Å². The Morgan fingerprint density at radius 3 is 3.05 bits per heavy atom. The predicted octanol–water partition coefficient (Wildman–Crippen LogP) is 0.0708. The summed E-state index contributed by atoms with van der Waals surface area (Å²) < 4.78 is 22.3. The van der Waals surface area contributed by atoms with Crippen molar-refractivity contribution < 1.29 is 23.8 Å². The van der Waals surface area contributed by atoms with Gasteiger partial charge in [0.1, 0.15) is 24.2 Å². The van der Waals surface area contributed by atoms with E-state index in [0.717, 1.165) is 0 Å². The van der Waals surface area contributed by atoms with E-state index in [-0.39, 0.29) is 5.82 Å². The lowest BCUT2D eigenvalue weighted by molar-refractivity contribution is -0.136. The standard InChI is InChI=1S/C10H12N5O5P/c11-8-7-9(13-3-12-8)15(4-14-7)6-2-1-5(19-6)10(16)20-21(17)18/h3-6,10,16H,1-2H2,(H2-,11,12,13,17,18)/p+1/t5-,6+,10?/m0/s1. The molecule has 2 aromatic rings. The van der Waals surface area contributed by atoms with Gasteiger partial charge in [0.25, 0.3) is 0 Å². The third-order valence-corrected chi connectivity index (χ3v) is 3.64. The smallest absolute Gasteiger partial charge is 0.382 e. The maximum atomic E-state index is 10.6. The molecular formula is C10H13N5O5P+. The van der Waals surface area contributed by atoms with Gasteiger partial charge >= 0.3 is 8.25 Å². The van der Waals surface area contributed by atoms with Gasteiger partial charge in [-0.25, -0.2) is 15.0 Å². The maximum Gasteiger partial charge on any atom is 0.697 e. The van der Waals surface area contributed by atoms with Crippen LogP contribution in [0.2, 0.25) is 0 Å². The van der Waals surface area contributed by atoms with Crippen molar-refractivity contribution in [2.24, 2.45) is 0 Å². The fourth-order valence-electron chi connectivity index (χ4n) is 2.30. The lowest BCUT2D eigenvalue weighted by Crippen LogP contribution is -2.26. The molecule has 0 amide bonds. The molecule has 0 radical (unpaired) electrons. The lowest BCUT2D eigenvalue weighted by Gasteiger charge is -2.16. The van der Waals surface area contributed by atoms with Crippen LogP contribution in [-0.4, -0.2) is 41.9 Å². The lowest BCUT2D eigenvalue weighted by atomic mass is 10.2. The van der Waals surface area contributed by atoms with Crippen LogP contribution in [0.4, 0.5) is 5.82 Å². The summed E-state index contributed by atoms with van der Waals surface area (Å²) in [6.45, 7) is 0. The summed E-state index contributed by atoms with van der Waals surface area (Å²) in [5.41, 5.74) is 6.71. The quantitative estimate of drug-likeness (QED) is 0.527. The van der Waals surface area contributed by atoms with Crippen LogP contribution in [0, 0.1) is 0 Å². The van der Waals surface area contributed by atoms with Gasteiger partial charge in [-0.15, -0.1) is 4.89 Å². The fourth-order valence-corrected chi connectivity index (χ4v) is 2.62. The summed E-state index contributed by atoms with van der Waals surface area (Å²) in [7, 11) is -2.88. The molecule has 1 aliphatic rings. The van der Waals surface area contributed by atoms with Gasteiger partial charge in [-0.3, -0.25) is 4.57 Å². The SMILES string of the molecule is Nc1ncnc2c1ncn2[C@H]1CC[C@@H](C(O)O[P+](=O)O)O1. The van der Waals surface area contributed by atoms with E-state index >= 15 is 0 Å². The second-order valence-corrected chi connectivity index (χ2v) is 5.21. The van der Waals surface area contributed by atoms with Crippen LogP contribution in [0.3, 0.4) is 0 Å². The molecule has 4 N–H and O–H groups in total. The largest absolute Gasteiger partial charge is 0.697 e. The third kappa shape index (κ3) is 2.71. The molecule has 1 fully saturated rings. The Hall–Kier alpha value is -1.71. The second kappa shape index (κ2) is 5.58. The number of hydrogen-bond acceptors (Lipinski definition) is 8. The first kappa shape index (κ1) is 14.2. The number of anilines is 1. The normalized spacial score (nSPS) is 24.4. The van der Waals surface area contributed by atoms with Gasteiger partial charge in [0, 0.05) is 4.57 Å². The van der Waals surface area contributed by atoms with Crippen molar-refractivity contribution in [2.45, 2.75) is 31.5 Å². The summed E-state index contributed by atoms with van der Waals surface area (Å²) in [5.74, 6) is 0.272. The van der Waals surface area contributed by atoms with Crippen molar-refractivity contribution in [3.63, 3.8) is 0 Å². The van der Waals surface area contributed by atoms with Gasteiger partial charge in [-0.1, -0.05) is 4.52 Å². The molecule has 3 heterocycles. The molecule has 0 aromatic carbocycles. The van der Waals surface area contributed by atoms with Crippen molar-refractivity contribution in [3.05, 3.63) is 12.7 Å². The number of aliphatic hydroxyl groups is 1. The molecule has 21 heavy (non-hydrogen) atoms. The van der Waals surface area contributed by atoms with Crippen LogP contribution in [0.15, 0.2) is 12.7 Å². The van der Waals surface area contributed by atoms with Crippen molar-refractivity contribution in [3.8, 4) is 0 Å². The molecule has 112 valence electrons. The van der Waals surface area contributed by atoms with Crippen LogP contribution in [0.1, 0.15) is 19.1 Å². The van der Waals surface area contributed by atoms with Gasteiger partial charge in [-0.05, 0) is 12.8 Å². The number of fused-ring (bicyclic) bond motifs is 1. The molecule has 0 spiro atoms. The molecule has 0 aliphatic carbocycles. The Bertz CT molecular complexity index is 679. The van der Waals surface area contributed by atoms with E-state index < -0.39 is 26.9 Å². The zero-order valence-corrected chi connectivity index (χ0v) is 11.6. The highest BCUT2D eigenvalue weighted by Crippen LogP contribution is 2.34. The molecule has 11 heteroatoms. The van der Waals surface area contributed by atoms with Gasteiger partial charge in [0.15, 0.2) is 11.5 Å². The number of nitrogen functional groups attached to an aromatic ring is 1. The summed E-state index contributed by atoms with van der Waals surface area (Å²) in [4.78, 5) is 20.7. The maximum absolute atomic E-state index is 10.6. The number of hydrogen-bond donors (Lipinski definition) is 3. The Balaban J connectivity index is 1.79. The van der Waals surface area contributed by atoms with E-state index in [4.69, 9.17) is 15.4 Å². The first-order valence-corrected chi connectivity index (χ1v) is 7.28. The number of rotatable bonds is 4. The van der Waals surface area contributed by atoms with Crippen LogP contribution >= 0.6 is 8.25 Å². The third-order valence-electron chi connectivity index (χ3n) is 3.24. The highest BCUT2D eigenvalue weighted by Gasteiger charge is 2.37. The average molecular weight is 314 g/mol. The van der Waals surface area contributed by atoms with Crippen LogP contribution in [-0.2, 0) is 13.8 Å². The molecule has 0 saturated carbocycles. The number of nitrogens with zero attached hydrogens (tertiary/aromatic N) is 4. The van der Waals surface area contributed by atoms with Crippen molar-refractivity contribution in [2.75, 3.05) is 5.73 Å². The van der Waals surface area contributed by atoms with E-state index in [1.54, 1.807) is 4.57 Å². The topological polar surface area (TPSA) is 146 Å². The first-order valence-electron chi connectivity index (χ1n) is 6.15. The van der Waals surface area contributed by atoms with Crippen LogP contribution in [0.5, 0.6) is 0 Å². The number of aliphatic hydroxyl groups excluding tert-OH is 1. The minimum absolute atomic E-state index is 0.272. The number of nitrogens with two attached hydrogens (primary N) is 1. The molecule has 2 unspecified atom stereocenters. The van der Waals surface area contributed by atoms with Gasteiger partial charge in [0.2, 0.25) is 6.29 Å². The number of imidazole rings is 1. The Kier molecular flexibility index (Phi) is 3.79. The van der Waals surface area contributed by atoms with Crippen molar-refractivity contribution in [1.82, 2.24) is 19.5 Å². The van der Waals surface area contributed by atoms with Gasteiger partial charge in [-0.2, -0.15) is 0 Å². The summed E-state index contributed by atoms with van der Waals surface area (Å²) in [6.07, 6.45) is 1.33. The zero-order valence-electron chi connectivity index (χ0n) is 10.7. The predicted molar refractivity (Wildman–Crippen MR) is 69.8 cm³/mol. The number of ether oxygens (including phenoxy) is 1. The summed E-state index contributed by atoms with van der Waals surface area (Å²) in [5, 5.41) is 9.63. The zero-order chi connectivity index (χ0) is 15.0. The molecule has 0 bridgehead atoms. The van der Waals surface area contributed by atoms with Crippen LogP contribution < -0.4 is 5.73 Å². The molecule has 3 rings (SSSR count). The van der Waals surface area contributed by atoms with Crippen molar-refractivity contribution >= 4 is 25.2 Å². The molecule has 10 nitrogen and oxygen atoms in total. The van der Waals surface area contributed by atoms with Gasteiger partial charge in [0.05, 0.1) is 6.33 Å². The highest BCUT2D eigenvalue weighted by molar-refractivity contribution is 7.32. The highest BCUT2D eigenvalue weighted by atomic mass is 31.1. The van der Waals surface area contributed by atoms with E-state index in [9.17, 15) is 9.67 Å². The Morgan fingerprint density at radius 2 is 2.29 bits per heavy atom. The van der Waals surface area contributed by atoms with E-state index in [1.807, 2.05) is 0 Å². The molecule has 2 aromatic heterocycles. The molecule has 1 aliphatic heterocycles. The van der Waals surface area contributed by atoms with Crippen molar-refractivity contribution in [1.29, 1.82) is 0 Å². The van der Waals surface area contributed by atoms with E-state index in [1.165, 1.54) is 12.7 Å². The first-order chi connectivity index (χ1) is 10.1. The van der Waals surface area contributed by atoms with E-state index in [0.29, 0.717) is 24.0 Å². The monoisotopic (exact) mass is 314 g/mol. The minimum Gasteiger partial charge on any atom is -0.382 e. The van der Waals surface area contributed by atoms with Gasteiger partial charge < -0.3 is 15.6 Å².